The van der Waals surface area contributed by atoms with E-state index < -0.39 is 127 Å². The van der Waals surface area contributed by atoms with Crippen LogP contribution in [0.1, 0.15) is 145 Å². The number of carbonyl (C=O) groups excluding carboxylic acids is 5. The van der Waals surface area contributed by atoms with Crippen LogP contribution in [0.2, 0.25) is 16.6 Å². The summed E-state index contributed by atoms with van der Waals surface area (Å²) in [6, 6.07) is 6.65. The second-order valence-corrected chi connectivity index (χ2v) is 32.2. The van der Waals surface area contributed by atoms with E-state index in [0.717, 1.165) is 0 Å². The van der Waals surface area contributed by atoms with E-state index in [-0.39, 0.29) is 53.1 Å². The maximum absolute atomic E-state index is 15.9. The van der Waals surface area contributed by atoms with E-state index in [9.17, 15) is 19.5 Å². The van der Waals surface area contributed by atoms with E-state index in [1.807, 2.05) is 13.2 Å². The summed E-state index contributed by atoms with van der Waals surface area (Å²) < 4.78 is 70.4. The van der Waals surface area contributed by atoms with Crippen molar-refractivity contribution in [2.24, 2.45) is 16.7 Å². The monoisotopic (exact) mass is 1150 g/mol. The summed E-state index contributed by atoms with van der Waals surface area (Å²) in [5.74, 6) is -2.69. The van der Waals surface area contributed by atoms with Crippen LogP contribution in [0.5, 0.6) is 11.5 Å². The Hall–Kier alpha value is -4.25. The molecule has 7 rings (SSSR count). The van der Waals surface area contributed by atoms with Crippen molar-refractivity contribution in [2.45, 2.75) is 205 Å². The first-order chi connectivity index (χ1) is 36.5. The predicted octanol–water partition coefficient (Wildman–Crippen LogP) is 10.2. The van der Waals surface area contributed by atoms with E-state index in [1.165, 1.54) is 33.5 Å². The van der Waals surface area contributed by atoms with E-state index in [4.69, 9.17) is 51.5 Å². The molecule has 1 aromatic carbocycles. The van der Waals surface area contributed by atoms with Crippen LogP contribution in [0.25, 0.3) is 0 Å². The second kappa shape index (κ2) is 23.3. The highest BCUT2D eigenvalue weighted by atomic mass is 33.1. The number of carbonyl (C=O) groups is 5. The fourth-order valence-corrected chi connectivity index (χ4v) is 20.6. The average molecular weight is 1150 g/mol. The lowest BCUT2D eigenvalue weighted by atomic mass is 9.42. The molecule has 0 radical (unpaired) electrons. The van der Waals surface area contributed by atoms with Crippen LogP contribution < -0.4 is 14.8 Å². The molecule has 21 heteroatoms. The standard InChI is InChI=1S/C57H83NO17S2Si/c1-30(2)78(31(3)4,32(5)6)75-46(44(38-20-18-24-67-38)58-52(63)74-53(9,10)11)51(62)69-39-28-57(64)49(72-50(61)36-26-35(65-15)22-23-37(36)66-16)47-55(14)40(27-41-56(47,29-68-41)73-34(8)59)70-48(55)45(43(33(39)7)54(57,12)13)71-42(60)21-19-25-77-76-17/h18,20,22-24,26,30-32,39-41,44-49,64H,19,21,25,27-29H2,1-17H3,(H,58,63)/t39-,40+,41+,44-,45+,46+,47-,48-,49-,55+,56-,57+/m0/s1. The third kappa shape index (κ3) is 11.0. The van der Waals surface area contributed by atoms with Crippen molar-refractivity contribution in [1.29, 1.82) is 0 Å². The maximum atomic E-state index is 15.9. The highest BCUT2D eigenvalue weighted by molar-refractivity contribution is 8.76. The summed E-state index contributed by atoms with van der Waals surface area (Å²) in [6.07, 6.45) is -5.05. The van der Waals surface area contributed by atoms with Gasteiger partial charge in [0.25, 0.3) is 0 Å². The Bertz CT molecular complexity index is 2540. The number of alkyl carbamates (subject to hydrolysis) is 1. The molecule has 2 aliphatic heterocycles. The number of hydrogen-bond acceptors (Lipinski definition) is 19. The molecule has 2 saturated heterocycles. The summed E-state index contributed by atoms with van der Waals surface area (Å²) in [5, 5.41) is 17.4. The molecule has 18 nitrogen and oxygen atoms in total. The molecular formula is C57H83NO17S2Si. The molecule has 2 bridgehead atoms. The summed E-state index contributed by atoms with van der Waals surface area (Å²) in [6.45, 7) is 26.0. The number of fused-ring (bicyclic) bond motifs is 4. The molecule has 1 aromatic heterocycles. The third-order valence-corrected chi connectivity index (χ3v) is 25.3. The number of nitrogens with one attached hydrogen (secondary N) is 1. The zero-order chi connectivity index (χ0) is 57.7. The molecule has 2 saturated carbocycles. The van der Waals surface area contributed by atoms with Crippen molar-refractivity contribution in [3.05, 3.63) is 59.1 Å². The predicted molar refractivity (Wildman–Crippen MR) is 296 cm³/mol. The van der Waals surface area contributed by atoms with E-state index in [0.29, 0.717) is 29.1 Å². The maximum Gasteiger partial charge on any atom is 0.408 e. The van der Waals surface area contributed by atoms with Gasteiger partial charge in [-0.1, -0.05) is 83.9 Å². The zero-order valence-electron chi connectivity index (χ0n) is 48.4. The van der Waals surface area contributed by atoms with Crippen molar-refractivity contribution >= 4 is 59.9 Å². The Labute approximate surface area is 468 Å². The lowest BCUT2D eigenvalue weighted by molar-refractivity contribution is -0.416. The zero-order valence-corrected chi connectivity index (χ0v) is 51.1. The van der Waals surface area contributed by atoms with E-state index in [1.54, 1.807) is 87.4 Å². The normalized spacial score (nSPS) is 29.8. The molecule has 4 fully saturated rings. The number of aliphatic hydroxyl groups is 1. The fraction of sp³-hybridized carbons (Fsp3) is 0.702. The van der Waals surface area contributed by atoms with Crippen LogP contribution >= 0.6 is 21.6 Å². The van der Waals surface area contributed by atoms with Crippen LogP contribution in [0.3, 0.4) is 0 Å². The van der Waals surface area contributed by atoms with Gasteiger partial charge in [-0.25, -0.2) is 14.4 Å². The minimum Gasteiger partial charge on any atom is -0.497 e. The number of benzene rings is 1. The van der Waals surface area contributed by atoms with Gasteiger partial charge in [-0.2, -0.15) is 0 Å². The minimum atomic E-state index is -3.07. The fourth-order valence-electron chi connectivity index (χ4n) is 13.8. The van der Waals surface area contributed by atoms with Crippen LogP contribution in [0.15, 0.2) is 52.2 Å². The Morgan fingerprint density at radius 2 is 1.62 bits per heavy atom. The number of hydrogen-bond donors (Lipinski definition) is 2. The molecule has 2 aromatic rings. The molecule has 12 atom stereocenters. The van der Waals surface area contributed by atoms with Gasteiger partial charge in [0.2, 0.25) is 8.32 Å². The molecule has 3 aliphatic carbocycles. The van der Waals surface area contributed by atoms with Crippen LogP contribution in [-0.4, -0.2) is 136 Å². The van der Waals surface area contributed by atoms with Gasteiger partial charge < -0.3 is 61.9 Å². The van der Waals surface area contributed by atoms with Gasteiger partial charge in [-0.15, -0.1) is 0 Å². The van der Waals surface area contributed by atoms with Crippen molar-refractivity contribution < 1.29 is 80.6 Å². The molecule has 0 unspecified atom stereocenters. The molecule has 3 heterocycles. The van der Waals surface area contributed by atoms with Gasteiger partial charge >= 0.3 is 30.0 Å². The Morgan fingerprint density at radius 3 is 2.17 bits per heavy atom. The molecule has 2 N–H and O–H groups in total. The van der Waals surface area contributed by atoms with Gasteiger partial charge in [0.15, 0.2) is 17.8 Å². The largest absolute Gasteiger partial charge is 0.497 e. The first-order valence-corrected chi connectivity index (χ1v) is 31.9. The number of amides is 1. The Kier molecular flexibility index (Phi) is 18.3. The van der Waals surface area contributed by atoms with Crippen LogP contribution in [-0.2, 0) is 52.0 Å². The number of furan rings is 1. The molecule has 1 amide bonds. The minimum absolute atomic E-state index is 0.0195. The topological polar surface area (TPSA) is 223 Å². The van der Waals surface area contributed by atoms with Gasteiger partial charge in [0.05, 0.1) is 39.1 Å². The molecule has 78 heavy (non-hydrogen) atoms. The van der Waals surface area contributed by atoms with Crippen molar-refractivity contribution in [3.8, 4) is 11.5 Å². The summed E-state index contributed by atoms with van der Waals surface area (Å²) in [5.41, 5.74) is -6.65. The van der Waals surface area contributed by atoms with Crippen LogP contribution in [0.4, 0.5) is 4.79 Å². The molecule has 5 aliphatic rings. The van der Waals surface area contributed by atoms with Gasteiger partial charge in [-0.3, -0.25) is 9.59 Å². The number of ether oxygens (including phenoxy) is 9. The van der Waals surface area contributed by atoms with Crippen LogP contribution in [0, 0.1) is 16.7 Å². The van der Waals surface area contributed by atoms with Gasteiger partial charge in [0.1, 0.15) is 64.5 Å². The molecular weight excluding hydrogens is 1060 g/mol. The third-order valence-electron chi connectivity index (χ3n) is 17.3. The summed E-state index contributed by atoms with van der Waals surface area (Å²) in [4.78, 5) is 72.9. The van der Waals surface area contributed by atoms with Gasteiger partial charge in [0, 0.05) is 42.8 Å². The molecule has 0 spiro atoms. The molecule has 434 valence electrons. The SMILES string of the molecule is COc1ccc(OC)c(C(=O)O[C@H]2[C@@H]3[C@]4(OC(C)=O)CO[C@@H]4C[C@H]4O[C@@H]([C@H](OC(=O)CCCSSC)C5=C(C)[C@@H](OC(=O)[C@H](O[Si](C(C)C)(C(C)C)C(C)C)[C@@H](NC(=O)OC(C)(C)C)c6ccco6)C[C@]2(O)C5(C)C)[C@@]34C)c1. The van der Waals surface area contributed by atoms with E-state index >= 15 is 9.59 Å². The summed E-state index contributed by atoms with van der Waals surface area (Å²) >= 11 is 0. The lowest BCUT2D eigenvalue weighted by Gasteiger charge is -2.74. The van der Waals surface area contributed by atoms with Crippen molar-refractivity contribution in [1.82, 2.24) is 5.32 Å². The summed E-state index contributed by atoms with van der Waals surface area (Å²) in [7, 11) is 3.01. The van der Waals surface area contributed by atoms with Gasteiger partial charge in [-0.05, 0) is 98.5 Å². The Balaban J connectivity index is 1.47. The number of methoxy groups -OCH3 is 2. The number of rotatable bonds is 21. The highest BCUT2D eigenvalue weighted by Gasteiger charge is 2.82. The first-order valence-electron chi connectivity index (χ1n) is 27.1. The Morgan fingerprint density at radius 1 is 0.936 bits per heavy atom. The van der Waals surface area contributed by atoms with E-state index in [2.05, 4.69) is 46.9 Å². The highest BCUT2D eigenvalue weighted by Crippen LogP contribution is 2.70. The average Bonchev–Trinajstić information content (AvgIpc) is 2.79. The lowest BCUT2D eigenvalue weighted by Crippen LogP contribution is -2.86. The first kappa shape index (κ1) is 61.4. The smallest absolute Gasteiger partial charge is 0.408 e. The quantitative estimate of drug-likeness (QED) is 0.0296. The number of esters is 4. The second-order valence-electron chi connectivity index (χ2n) is 24.1. The van der Waals surface area contributed by atoms with Crippen molar-refractivity contribution in [2.75, 3.05) is 32.8 Å². The van der Waals surface area contributed by atoms with Crippen molar-refractivity contribution in [3.63, 3.8) is 0 Å².